The monoisotopic (exact) mass is 315 g/mol. The van der Waals surface area contributed by atoms with E-state index in [0.29, 0.717) is 23.0 Å². The van der Waals surface area contributed by atoms with Gasteiger partial charge in [0.05, 0.1) is 16.3 Å². The minimum atomic E-state index is -0.465. The third-order valence-electron chi connectivity index (χ3n) is 4.09. The Morgan fingerprint density at radius 1 is 1.43 bits per heavy atom. The maximum absolute atomic E-state index is 12.5. The maximum atomic E-state index is 12.5. The van der Waals surface area contributed by atoms with Gasteiger partial charge in [-0.25, -0.2) is 4.68 Å². The predicted octanol–water partition coefficient (Wildman–Crippen LogP) is 1.97. The van der Waals surface area contributed by atoms with Gasteiger partial charge in [-0.1, -0.05) is 18.2 Å². The average molecular weight is 315 g/mol. The van der Waals surface area contributed by atoms with E-state index in [0.717, 1.165) is 19.5 Å². The number of aromatic nitrogens is 3. The molecule has 3 rings (SSSR count). The van der Waals surface area contributed by atoms with Crippen LogP contribution >= 0.6 is 0 Å². The summed E-state index contributed by atoms with van der Waals surface area (Å²) in [5.41, 5.74) is 1.36. The van der Waals surface area contributed by atoms with Crippen LogP contribution in [0.1, 0.15) is 29.5 Å². The average Bonchev–Trinajstić information content (AvgIpc) is 3.13. The number of rotatable bonds is 3. The quantitative estimate of drug-likeness (QED) is 0.637. The number of amides is 1. The summed E-state index contributed by atoms with van der Waals surface area (Å²) in [6.07, 6.45) is 0.990. The molecule has 1 aromatic heterocycles. The Kier molecular flexibility index (Phi) is 3.81. The van der Waals surface area contributed by atoms with E-state index < -0.39 is 4.92 Å². The normalized spacial score (nSPS) is 17.5. The van der Waals surface area contributed by atoms with Crippen molar-refractivity contribution in [3.05, 3.63) is 45.8 Å². The summed E-state index contributed by atoms with van der Waals surface area (Å²) in [5.74, 6) is 0.356. The van der Waals surface area contributed by atoms with E-state index in [1.807, 2.05) is 0 Å². The molecule has 120 valence electrons. The van der Waals surface area contributed by atoms with E-state index in [1.165, 1.54) is 16.8 Å². The summed E-state index contributed by atoms with van der Waals surface area (Å²) < 4.78 is 1.46. The topological polar surface area (TPSA) is 94.2 Å². The van der Waals surface area contributed by atoms with Gasteiger partial charge in [-0.3, -0.25) is 14.9 Å². The van der Waals surface area contributed by atoms with Crippen molar-refractivity contribution in [3.63, 3.8) is 0 Å². The van der Waals surface area contributed by atoms with Crippen LogP contribution in [0.25, 0.3) is 5.69 Å². The van der Waals surface area contributed by atoms with E-state index >= 15 is 0 Å². The number of non-ortho nitro benzene ring substituents is 1. The lowest BCUT2D eigenvalue weighted by molar-refractivity contribution is -0.384. The molecule has 0 radical (unpaired) electrons. The highest BCUT2D eigenvalue weighted by Crippen LogP contribution is 2.21. The van der Waals surface area contributed by atoms with Crippen LogP contribution in [0.4, 0.5) is 5.69 Å². The van der Waals surface area contributed by atoms with Crippen molar-refractivity contribution in [1.82, 2.24) is 19.9 Å². The van der Waals surface area contributed by atoms with Crippen LogP contribution in [0, 0.1) is 23.0 Å². The third-order valence-corrected chi connectivity index (χ3v) is 4.09. The first-order valence-corrected chi connectivity index (χ1v) is 7.43. The largest absolute Gasteiger partial charge is 0.337 e. The molecule has 1 fully saturated rings. The van der Waals surface area contributed by atoms with E-state index in [9.17, 15) is 14.9 Å². The second-order valence-corrected chi connectivity index (χ2v) is 5.86. The van der Waals surface area contributed by atoms with Gasteiger partial charge in [0.2, 0.25) is 0 Å². The van der Waals surface area contributed by atoms with E-state index in [4.69, 9.17) is 0 Å². The van der Waals surface area contributed by atoms with Crippen molar-refractivity contribution in [1.29, 1.82) is 0 Å². The van der Waals surface area contributed by atoms with Gasteiger partial charge in [0.25, 0.3) is 11.6 Å². The third kappa shape index (κ3) is 2.79. The summed E-state index contributed by atoms with van der Waals surface area (Å²) in [5, 5.41) is 18.9. The van der Waals surface area contributed by atoms with Gasteiger partial charge in [0, 0.05) is 25.2 Å². The molecular weight excluding hydrogens is 298 g/mol. The van der Waals surface area contributed by atoms with Crippen molar-refractivity contribution in [2.24, 2.45) is 5.92 Å². The van der Waals surface area contributed by atoms with Crippen molar-refractivity contribution in [2.45, 2.75) is 20.3 Å². The van der Waals surface area contributed by atoms with Crippen molar-refractivity contribution < 1.29 is 9.72 Å². The number of nitro groups is 1. The number of likely N-dealkylation sites (tertiary alicyclic amines) is 1. The fourth-order valence-corrected chi connectivity index (χ4v) is 2.78. The van der Waals surface area contributed by atoms with Crippen LogP contribution in [-0.4, -0.2) is 43.8 Å². The van der Waals surface area contributed by atoms with Gasteiger partial charge in [0.15, 0.2) is 5.69 Å². The molecule has 0 bridgehead atoms. The molecule has 8 nitrogen and oxygen atoms in total. The number of benzene rings is 1. The Balaban J connectivity index is 1.92. The summed E-state index contributed by atoms with van der Waals surface area (Å²) in [6.45, 7) is 5.30. The number of carbonyl (C=O) groups is 1. The zero-order valence-electron chi connectivity index (χ0n) is 13.0. The van der Waals surface area contributed by atoms with Crippen LogP contribution in [0.2, 0.25) is 0 Å². The zero-order chi connectivity index (χ0) is 16.6. The van der Waals surface area contributed by atoms with Gasteiger partial charge in [-0.2, -0.15) is 0 Å². The molecule has 1 atom stereocenters. The molecule has 1 amide bonds. The van der Waals surface area contributed by atoms with Crippen LogP contribution < -0.4 is 0 Å². The summed E-state index contributed by atoms with van der Waals surface area (Å²) in [7, 11) is 0. The molecule has 1 saturated heterocycles. The second kappa shape index (κ2) is 5.79. The Labute approximate surface area is 132 Å². The Bertz CT molecular complexity index is 770. The minimum absolute atomic E-state index is 0.0290. The SMILES string of the molecule is Cc1c(C(=O)N2CCC(C)C2)nnn1-c1cccc([N+](=O)[O-])c1. The van der Waals surface area contributed by atoms with E-state index in [-0.39, 0.29) is 11.6 Å². The lowest BCUT2D eigenvalue weighted by atomic mass is 10.2. The van der Waals surface area contributed by atoms with Gasteiger partial charge in [0.1, 0.15) is 0 Å². The first kappa shape index (κ1) is 15.1. The maximum Gasteiger partial charge on any atom is 0.276 e. The highest BCUT2D eigenvalue weighted by atomic mass is 16.6. The summed E-state index contributed by atoms with van der Waals surface area (Å²) >= 11 is 0. The molecular formula is C15H17N5O3. The molecule has 0 spiro atoms. The number of carbonyl (C=O) groups excluding carboxylic acids is 1. The molecule has 8 heteroatoms. The van der Waals surface area contributed by atoms with Crippen LogP contribution in [0.15, 0.2) is 24.3 Å². The molecule has 1 aromatic carbocycles. The molecule has 1 unspecified atom stereocenters. The van der Waals surface area contributed by atoms with Crippen LogP contribution in [0.5, 0.6) is 0 Å². The van der Waals surface area contributed by atoms with Crippen molar-refractivity contribution in [2.75, 3.05) is 13.1 Å². The van der Waals surface area contributed by atoms with Crippen LogP contribution in [0.3, 0.4) is 0 Å². The number of hydrogen-bond acceptors (Lipinski definition) is 5. The molecule has 0 saturated carbocycles. The molecule has 2 heterocycles. The Morgan fingerprint density at radius 2 is 2.22 bits per heavy atom. The Hall–Kier alpha value is -2.77. The fourth-order valence-electron chi connectivity index (χ4n) is 2.78. The summed E-state index contributed by atoms with van der Waals surface area (Å²) in [4.78, 5) is 24.7. The number of hydrogen-bond donors (Lipinski definition) is 0. The smallest absolute Gasteiger partial charge is 0.276 e. The van der Waals surface area contributed by atoms with Gasteiger partial charge in [-0.05, 0) is 25.3 Å². The van der Waals surface area contributed by atoms with Crippen LogP contribution in [-0.2, 0) is 0 Å². The predicted molar refractivity (Wildman–Crippen MR) is 82.4 cm³/mol. The Morgan fingerprint density at radius 3 is 2.87 bits per heavy atom. The second-order valence-electron chi connectivity index (χ2n) is 5.86. The number of nitro benzene ring substituents is 1. The standard InChI is InChI=1S/C15H17N5O3/c1-10-6-7-18(9-10)15(21)14-11(2)19(17-16-14)12-4-3-5-13(8-12)20(22)23/h3-5,8,10H,6-7,9H2,1-2H3. The lowest BCUT2D eigenvalue weighted by Gasteiger charge is -2.14. The fraction of sp³-hybridized carbons (Fsp3) is 0.400. The highest BCUT2D eigenvalue weighted by Gasteiger charge is 2.28. The van der Waals surface area contributed by atoms with Gasteiger partial charge >= 0.3 is 0 Å². The van der Waals surface area contributed by atoms with Gasteiger partial charge < -0.3 is 4.90 Å². The first-order valence-electron chi connectivity index (χ1n) is 7.43. The lowest BCUT2D eigenvalue weighted by Crippen LogP contribution is -2.29. The summed E-state index contributed by atoms with van der Waals surface area (Å²) in [6, 6.07) is 6.10. The van der Waals surface area contributed by atoms with Crippen molar-refractivity contribution in [3.8, 4) is 5.69 Å². The van der Waals surface area contributed by atoms with E-state index in [2.05, 4.69) is 17.2 Å². The molecule has 1 aliphatic heterocycles. The van der Waals surface area contributed by atoms with E-state index in [1.54, 1.807) is 24.0 Å². The molecule has 2 aromatic rings. The minimum Gasteiger partial charge on any atom is -0.337 e. The number of nitrogens with zero attached hydrogens (tertiary/aromatic N) is 5. The highest BCUT2D eigenvalue weighted by molar-refractivity contribution is 5.93. The van der Waals surface area contributed by atoms with Crippen molar-refractivity contribution >= 4 is 11.6 Å². The molecule has 1 aliphatic rings. The van der Waals surface area contributed by atoms with Gasteiger partial charge in [-0.15, -0.1) is 5.10 Å². The molecule has 23 heavy (non-hydrogen) atoms. The first-order chi connectivity index (χ1) is 11.0. The zero-order valence-corrected chi connectivity index (χ0v) is 13.0. The molecule has 0 N–H and O–H groups in total. The molecule has 0 aliphatic carbocycles.